The quantitative estimate of drug-likeness (QED) is 0.887. The van der Waals surface area contributed by atoms with Gasteiger partial charge in [-0.15, -0.1) is 0 Å². The van der Waals surface area contributed by atoms with Crippen molar-refractivity contribution in [1.29, 1.82) is 0 Å². The number of rotatable bonds is 4. The van der Waals surface area contributed by atoms with Crippen molar-refractivity contribution in [3.8, 4) is 5.75 Å². The van der Waals surface area contributed by atoms with Gasteiger partial charge in [-0.1, -0.05) is 30.3 Å². The van der Waals surface area contributed by atoms with E-state index in [4.69, 9.17) is 0 Å². The summed E-state index contributed by atoms with van der Waals surface area (Å²) in [5.74, 6) is 0.333. The first-order valence-corrected chi connectivity index (χ1v) is 9.11. The van der Waals surface area contributed by atoms with Gasteiger partial charge in [0, 0.05) is 31.9 Å². The third kappa shape index (κ3) is 3.83. The number of anilines is 2. The Morgan fingerprint density at radius 1 is 1.00 bits per heavy atom. The third-order valence-electron chi connectivity index (χ3n) is 5.19. The highest BCUT2D eigenvalue weighted by molar-refractivity contribution is 5.95. The topological polar surface area (TPSA) is 55.8 Å². The first-order valence-electron chi connectivity index (χ1n) is 9.11. The number of amides is 1. The molecule has 0 aliphatic carbocycles. The van der Waals surface area contributed by atoms with Crippen LogP contribution >= 0.6 is 0 Å². The molecular formula is C21H27N3O2. The zero-order valence-corrected chi connectivity index (χ0v) is 15.7. The van der Waals surface area contributed by atoms with E-state index in [2.05, 4.69) is 15.1 Å². The van der Waals surface area contributed by atoms with Crippen molar-refractivity contribution in [1.82, 2.24) is 4.90 Å². The number of carbonyl (C=O) groups excluding carboxylic acids is 1. The van der Waals surface area contributed by atoms with Crippen LogP contribution in [0.3, 0.4) is 0 Å². The van der Waals surface area contributed by atoms with Crippen molar-refractivity contribution < 1.29 is 9.90 Å². The zero-order chi connectivity index (χ0) is 18.7. The molecule has 5 heteroatoms. The molecule has 0 aromatic heterocycles. The highest BCUT2D eigenvalue weighted by Crippen LogP contribution is 2.27. The van der Waals surface area contributed by atoms with E-state index in [1.165, 1.54) is 0 Å². The summed E-state index contributed by atoms with van der Waals surface area (Å²) in [6.45, 7) is 9.14. The predicted octanol–water partition coefficient (Wildman–Crippen LogP) is 3.16. The van der Waals surface area contributed by atoms with Gasteiger partial charge in [-0.3, -0.25) is 9.69 Å². The van der Waals surface area contributed by atoms with Gasteiger partial charge in [0.15, 0.2) is 0 Å². The van der Waals surface area contributed by atoms with Crippen LogP contribution in [0.2, 0.25) is 0 Å². The molecule has 1 atom stereocenters. The van der Waals surface area contributed by atoms with Gasteiger partial charge < -0.3 is 15.3 Å². The minimum atomic E-state index is -0.194. The maximum Gasteiger partial charge on any atom is 0.241 e. The van der Waals surface area contributed by atoms with Crippen molar-refractivity contribution >= 4 is 17.3 Å². The number of piperazine rings is 1. The number of phenolic OH excluding ortho intramolecular Hbond substituents is 1. The molecule has 26 heavy (non-hydrogen) atoms. The summed E-state index contributed by atoms with van der Waals surface area (Å²) in [5, 5.41) is 13.1. The van der Waals surface area contributed by atoms with E-state index in [1.54, 1.807) is 6.07 Å². The molecule has 3 rings (SSSR count). The summed E-state index contributed by atoms with van der Waals surface area (Å²) in [5.41, 5.74) is 3.93. The smallest absolute Gasteiger partial charge is 0.241 e. The van der Waals surface area contributed by atoms with Crippen molar-refractivity contribution in [2.24, 2.45) is 0 Å². The molecule has 0 radical (unpaired) electrons. The number of aromatic hydroxyl groups is 1. The number of hydrogen-bond acceptors (Lipinski definition) is 4. The Balaban J connectivity index is 1.60. The fourth-order valence-corrected chi connectivity index (χ4v) is 3.49. The molecule has 1 saturated heterocycles. The van der Waals surface area contributed by atoms with E-state index in [0.717, 1.165) is 48.7 Å². The molecule has 0 bridgehead atoms. The molecule has 2 N–H and O–H groups in total. The lowest BCUT2D eigenvalue weighted by Gasteiger charge is -2.38. The lowest BCUT2D eigenvalue weighted by molar-refractivity contribution is -0.120. The SMILES string of the molecule is Cc1cccc(C)c1NC(=O)[C@@H](C)N1CCN(c2ccccc2O)CC1. The zero-order valence-electron chi connectivity index (χ0n) is 15.7. The summed E-state index contributed by atoms with van der Waals surface area (Å²) >= 11 is 0. The largest absolute Gasteiger partial charge is 0.506 e. The van der Waals surface area contributed by atoms with Crippen LogP contribution in [0.25, 0.3) is 0 Å². The molecule has 1 aliphatic heterocycles. The summed E-state index contributed by atoms with van der Waals surface area (Å²) < 4.78 is 0. The van der Waals surface area contributed by atoms with E-state index in [0.29, 0.717) is 5.75 Å². The molecule has 0 unspecified atom stereocenters. The molecule has 2 aromatic rings. The van der Waals surface area contributed by atoms with Crippen molar-refractivity contribution in [2.75, 3.05) is 36.4 Å². The molecular weight excluding hydrogens is 326 g/mol. The fourth-order valence-electron chi connectivity index (χ4n) is 3.49. The predicted molar refractivity (Wildman–Crippen MR) is 106 cm³/mol. The van der Waals surface area contributed by atoms with Crippen LogP contribution in [0.5, 0.6) is 5.75 Å². The number of aryl methyl sites for hydroxylation is 2. The lowest BCUT2D eigenvalue weighted by atomic mass is 10.1. The summed E-state index contributed by atoms with van der Waals surface area (Å²) in [7, 11) is 0. The number of benzene rings is 2. The summed E-state index contributed by atoms with van der Waals surface area (Å²) in [6, 6.07) is 13.2. The fraction of sp³-hybridized carbons (Fsp3) is 0.381. The van der Waals surface area contributed by atoms with Crippen LogP contribution in [0, 0.1) is 13.8 Å². The Kier molecular flexibility index (Phi) is 5.47. The Morgan fingerprint density at radius 2 is 1.62 bits per heavy atom. The summed E-state index contributed by atoms with van der Waals surface area (Å²) in [4.78, 5) is 17.1. The second-order valence-electron chi connectivity index (χ2n) is 6.94. The number of nitrogens with zero attached hydrogens (tertiary/aromatic N) is 2. The van der Waals surface area contributed by atoms with Gasteiger partial charge in [-0.25, -0.2) is 0 Å². The molecule has 138 valence electrons. The van der Waals surface area contributed by atoms with E-state index >= 15 is 0 Å². The normalized spacial score (nSPS) is 16.3. The van der Waals surface area contributed by atoms with Crippen molar-refractivity contribution in [2.45, 2.75) is 26.8 Å². The van der Waals surface area contributed by atoms with Gasteiger partial charge >= 0.3 is 0 Å². The second-order valence-corrected chi connectivity index (χ2v) is 6.94. The molecule has 0 saturated carbocycles. The molecule has 1 aliphatic rings. The third-order valence-corrected chi connectivity index (χ3v) is 5.19. The highest BCUT2D eigenvalue weighted by Gasteiger charge is 2.26. The Hall–Kier alpha value is -2.53. The average molecular weight is 353 g/mol. The van der Waals surface area contributed by atoms with Gasteiger partial charge in [-0.05, 0) is 44.0 Å². The number of hydrogen-bond donors (Lipinski definition) is 2. The van der Waals surface area contributed by atoms with Gasteiger partial charge in [0.05, 0.1) is 11.7 Å². The van der Waals surface area contributed by atoms with Crippen LogP contribution < -0.4 is 10.2 Å². The molecule has 5 nitrogen and oxygen atoms in total. The monoisotopic (exact) mass is 353 g/mol. The van der Waals surface area contributed by atoms with E-state index in [1.807, 2.05) is 57.2 Å². The number of para-hydroxylation sites is 3. The Bertz CT molecular complexity index is 762. The van der Waals surface area contributed by atoms with Gasteiger partial charge in [0.25, 0.3) is 0 Å². The van der Waals surface area contributed by atoms with E-state index < -0.39 is 0 Å². The molecule has 0 spiro atoms. The molecule has 1 amide bonds. The highest BCUT2D eigenvalue weighted by atomic mass is 16.3. The Labute approximate surface area is 155 Å². The average Bonchev–Trinajstić information content (AvgIpc) is 2.65. The van der Waals surface area contributed by atoms with Gasteiger partial charge in [0.2, 0.25) is 5.91 Å². The van der Waals surface area contributed by atoms with Crippen LogP contribution in [0.15, 0.2) is 42.5 Å². The summed E-state index contributed by atoms with van der Waals surface area (Å²) in [6.07, 6.45) is 0. The van der Waals surface area contributed by atoms with E-state index in [-0.39, 0.29) is 11.9 Å². The number of phenols is 1. The van der Waals surface area contributed by atoms with Crippen LogP contribution in [0.4, 0.5) is 11.4 Å². The van der Waals surface area contributed by atoms with E-state index in [9.17, 15) is 9.90 Å². The standard InChI is InChI=1S/C21H27N3O2/c1-15-7-6-8-16(2)20(15)22-21(26)17(3)23-11-13-24(14-12-23)18-9-4-5-10-19(18)25/h4-10,17,25H,11-14H2,1-3H3,(H,22,26)/t17-/m1/s1. The van der Waals surface area contributed by atoms with Crippen LogP contribution in [-0.4, -0.2) is 48.1 Å². The maximum atomic E-state index is 12.7. The van der Waals surface area contributed by atoms with Crippen LogP contribution in [-0.2, 0) is 4.79 Å². The first kappa shape index (κ1) is 18.3. The lowest BCUT2D eigenvalue weighted by Crippen LogP contribution is -2.52. The van der Waals surface area contributed by atoms with Crippen molar-refractivity contribution in [3.05, 3.63) is 53.6 Å². The molecule has 1 fully saturated rings. The Morgan fingerprint density at radius 3 is 2.23 bits per heavy atom. The van der Waals surface area contributed by atoms with Crippen LogP contribution in [0.1, 0.15) is 18.1 Å². The minimum Gasteiger partial charge on any atom is -0.506 e. The van der Waals surface area contributed by atoms with Crippen molar-refractivity contribution in [3.63, 3.8) is 0 Å². The first-order chi connectivity index (χ1) is 12.5. The maximum absolute atomic E-state index is 12.7. The van der Waals surface area contributed by atoms with Gasteiger partial charge in [0.1, 0.15) is 5.75 Å². The van der Waals surface area contributed by atoms with Gasteiger partial charge in [-0.2, -0.15) is 0 Å². The minimum absolute atomic E-state index is 0.0263. The number of nitrogens with one attached hydrogen (secondary N) is 1. The molecule has 2 aromatic carbocycles. The second kappa shape index (κ2) is 7.79. The number of carbonyl (C=O) groups is 1. The molecule has 1 heterocycles.